The largest absolute Gasteiger partial charge is 0.306 e. The predicted molar refractivity (Wildman–Crippen MR) is 70.5 cm³/mol. The first kappa shape index (κ1) is 12.7. The molecule has 0 spiro atoms. The van der Waals surface area contributed by atoms with Crippen LogP contribution in [0.25, 0.3) is 0 Å². The third kappa shape index (κ3) is 3.37. The van der Waals surface area contributed by atoms with Crippen LogP contribution in [0.4, 0.5) is 4.39 Å². The number of hydrogen-bond donors (Lipinski definition) is 1. The molecule has 3 heteroatoms. The molecule has 94 valence electrons. The average molecular weight is 244 g/mol. The van der Waals surface area contributed by atoms with Crippen molar-refractivity contribution in [3.05, 3.63) is 65.7 Å². The summed E-state index contributed by atoms with van der Waals surface area (Å²) in [4.78, 5) is 4.08. The minimum absolute atomic E-state index is 0.168. The zero-order valence-corrected chi connectivity index (χ0v) is 10.4. The lowest BCUT2D eigenvalue weighted by molar-refractivity contribution is 0.514. The second kappa shape index (κ2) is 6.26. The van der Waals surface area contributed by atoms with E-state index in [9.17, 15) is 4.39 Å². The van der Waals surface area contributed by atoms with E-state index in [4.69, 9.17) is 0 Å². The fraction of sp³-hybridized carbons (Fsp3) is 0.267. The Morgan fingerprint density at radius 1 is 1.28 bits per heavy atom. The van der Waals surface area contributed by atoms with Gasteiger partial charge >= 0.3 is 0 Å². The number of pyridine rings is 1. The van der Waals surface area contributed by atoms with E-state index < -0.39 is 0 Å². The van der Waals surface area contributed by atoms with Crippen LogP contribution in [0.2, 0.25) is 0 Å². The van der Waals surface area contributed by atoms with E-state index in [1.807, 2.05) is 24.4 Å². The van der Waals surface area contributed by atoms with E-state index in [0.29, 0.717) is 0 Å². The number of aromatic nitrogens is 1. The summed E-state index contributed by atoms with van der Waals surface area (Å²) in [6, 6.07) is 10.9. The predicted octanol–water partition coefficient (Wildman–Crippen LogP) is 3.46. The van der Waals surface area contributed by atoms with E-state index >= 15 is 0 Å². The van der Waals surface area contributed by atoms with Crippen LogP contribution in [0.3, 0.4) is 0 Å². The maximum absolute atomic E-state index is 13.2. The Kier molecular flexibility index (Phi) is 4.42. The lowest BCUT2D eigenvalue weighted by atomic mass is 10.0. The molecule has 0 radical (unpaired) electrons. The summed E-state index contributed by atoms with van der Waals surface area (Å²) in [5.41, 5.74) is 2.12. The van der Waals surface area contributed by atoms with Crippen molar-refractivity contribution >= 4 is 0 Å². The van der Waals surface area contributed by atoms with Crippen molar-refractivity contribution < 1.29 is 4.39 Å². The van der Waals surface area contributed by atoms with E-state index in [0.717, 1.165) is 24.1 Å². The summed E-state index contributed by atoms with van der Waals surface area (Å²) in [5.74, 6) is -0.186. The van der Waals surface area contributed by atoms with Crippen molar-refractivity contribution in [3.63, 3.8) is 0 Å². The molecule has 18 heavy (non-hydrogen) atoms. The number of nitrogens with zero attached hydrogens (tertiary/aromatic N) is 1. The first-order chi connectivity index (χ1) is 8.79. The SMILES string of the molecule is CCC(NCc1cccnc1)c1cccc(F)c1. The van der Waals surface area contributed by atoms with E-state index in [2.05, 4.69) is 17.2 Å². The topological polar surface area (TPSA) is 24.9 Å². The van der Waals surface area contributed by atoms with Crippen molar-refractivity contribution in [2.45, 2.75) is 25.9 Å². The Balaban J connectivity index is 2.02. The molecule has 0 aliphatic rings. The highest BCUT2D eigenvalue weighted by atomic mass is 19.1. The lowest BCUT2D eigenvalue weighted by Crippen LogP contribution is -2.20. The molecule has 1 aromatic carbocycles. The second-order valence-corrected chi connectivity index (χ2v) is 4.26. The standard InChI is InChI=1S/C15H17FN2/c1-2-15(13-6-3-7-14(16)9-13)18-11-12-5-4-8-17-10-12/h3-10,15,18H,2,11H2,1H3. The molecule has 0 aliphatic carbocycles. The van der Waals surface area contributed by atoms with Gasteiger partial charge in [0, 0.05) is 25.0 Å². The van der Waals surface area contributed by atoms with Crippen molar-refractivity contribution in [1.82, 2.24) is 10.3 Å². The summed E-state index contributed by atoms with van der Waals surface area (Å²) in [6.45, 7) is 2.83. The first-order valence-electron chi connectivity index (χ1n) is 6.17. The fourth-order valence-electron chi connectivity index (χ4n) is 1.96. The maximum atomic E-state index is 13.2. The molecule has 1 N–H and O–H groups in total. The van der Waals surface area contributed by atoms with Crippen molar-refractivity contribution in [1.29, 1.82) is 0 Å². The van der Waals surface area contributed by atoms with E-state index in [-0.39, 0.29) is 11.9 Å². The van der Waals surface area contributed by atoms with Crippen LogP contribution in [-0.2, 0) is 6.54 Å². The van der Waals surface area contributed by atoms with Gasteiger partial charge in [-0.25, -0.2) is 4.39 Å². The maximum Gasteiger partial charge on any atom is 0.123 e. The molecule has 2 aromatic rings. The molecular weight excluding hydrogens is 227 g/mol. The number of halogens is 1. The molecule has 1 unspecified atom stereocenters. The van der Waals surface area contributed by atoms with Crippen molar-refractivity contribution in [2.24, 2.45) is 0 Å². The summed E-state index contributed by atoms with van der Waals surface area (Å²) in [5, 5.41) is 3.42. The average Bonchev–Trinajstić information content (AvgIpc) is 2.41. The van der Waals surface area contributed by atoms with Gasteiger partial charge in [0.1, 0.15) is 5.82 Å². The smallest absolute Gasteiger partial charge is 0.123 e. The molecule has 0 fully saturated rings. The Labute approximate surface area is 107 Å². The molecule has 0 aliphatic heterocycles. The highest BCUT2D eigenvalue weighted by Gasteiger charge is 2.09. The minimum Gasteiger partial charge on any atom is -0.306 e. The third-order valence-electron chi connectivity index (χ3n) is 2.93. The molecule has 0 saturated heterocycles. The Morgan fingerprint density at radius 3 is 2.83 bits per heavy atom. The van der Waals surface area contributed by atoms with Gasteiger partial charge in [0.15, 0.2) is 0 Å². The van der Waals surface area contributed by atoms with Gasteiger partial charge < -0.3 is 5.32 Å². The highest BCUT2D eigenvalue weighted by Crippen LogP contribution is 2.17. The first-order valence-corrected chi connectivity index (χ1v) is 6.17. The number of rotatable bonds is 5. The van der Waals surface area contributed by atoms with Crippen LogP contribution in [0, 0.1) is 5.82 Å². The van der Waals surface area contributed by atoms with E-state index in [1.54, 1.807) is 18.3 Å². The quantitative estimate of drug-likeness (QED) is 0.871. The Morgan fingerprint density at radius 2 is 2.17 bits per heavy atom. The highest BCUT2D eigenvalue weighted by molar-refractivity contribution is 5.20. The van der Waals surface area contributed by atoms with Gasteiger partial charge in [0.25, 0.3) is 0 Å². The number of benzene rings is 1. The third-order valence-corrected chi connectivity index (χ3v) is 2.93. The molecule has 2 rings (SSSR count). The van der Waals surface area contributed by atoms with Gasteiger partial charge in [-0.2, -0.15) is 0 Å². The number of nitrogens with one attached hydrogen (secondary N) is 1. The fourth-order valence-corrected chi connectivity index (χ4v) is 1.96. The molecule has 2 nitrogen and oxygen atoms in total. The van der Waals surface area contributed by atoms with Gasteiger partial charge in [0.05, 0.1) is 0 Å². The van der Waals surface area contributed by atoms with Crippen LogP contribution in [0.15, 0.2) is 48.8 Å². The summed E-state index contributed by atoms with van der Waals surface area (Å²) in [7, 11) is 0. The molecule has 1 heterocycles. The van der Waals surface area contributed by atoms with Gasteiger partial charge in [-0.05, 0) is 35.7 Å². The molecule has 0 saturated carbocycles. The van der Waals surface area contributed by atoms with E-state index in [1.165, 1.54) is 6.07 Å². The van der Waals surface area contributed by atoms with Crippen LogP contribution >= 0.6 is 0 Å². The lowest BCUT2D eigenvalue weighted by Gasteiger charge is -2.17. The molecular formula is C15H17FN2. The van der Waals surface area contributed by atoms with Gasteiger partial charge in [-0.15, -0.1) is 0 Å². The number of hydrogen-bond acceptors (Lipinski definition) is 2. The summed E-state index contributed by atoms with van der Waals surface area (Å²) < 4.78 is 13.2. The normalized spacial score (nSPS) is 12.3. The zero-order chi connectivity index (χ0) is 12.8. The summed E-state index contributed by atoms with van der Waals surface area (Å²) in [6.07, 6.45) is 4.52. The van der Waals surface area contributed by atoms with Gasteiger partial charge in [-0.3, -0.25) is 4.98 Å². The van der Waals surface area contributed by atoms with Crippen molar-refractivity contribution in [2.75, 3.05) is 0 Å². The van der Waals surface area contributed by atoms with Crippen LogP contribution in [0.5, 0.6) is 0 Å². The van der Waals surface area contributed by atoms with Crippen LogP contribution < -0.4 is 5.32 Å². The minimum atomic E-state index is -0.186. The Hall–Kier alpha value is -1.74. The molecule has 0 amide bonds. The van der Waals surface area contributed by atoms with Gasteiger partial charge in [-0.1, -0.05) is 25.1 Å². The monoisotopic (exact) mass is 244 g/mol. The summed E-state index contributed by atoms with van der Waals surface area (Å²) >= 11 is 0. The molecule has 1 atom stereocenters. The van der Waals surface area contributed by atoms with Crippen LogP contribution in [0.1, 0.15) is 30.5 Å². The van der Waals surface area contributed by atoms with Crippen molar-refractivity contribution in [3.8, 4) is 0 Å². The zero-order valence-electron chi connectivity index (χ0n) is 10.4. The van der Waals surface area contributed by atoms with Crippen LogP contribution in [-0.4, -0.2) is 4.98 Å². The van der Waals surface area contributed by atoms with Gasteiger partial charge in [0.2, 0.25) is 0 Å². The Bertz CT molecular complexity index is 485. The molecule has 1 aromatic heterocycles. The second-order valence-electron chi connectivity index (χ2n) is 4.26. The molecule has 0 bridgehead atoms.